The first kappa shape index (κ1) is 14.6. The molecule has 4 nitrogen and oxygen atoms in total. The van der Waals surface area contributed by atoms with E-state index in [1.165, 1.54) is 12.1 Å². The first-order chi connectivity index (χ1) is 8.49. The van der Waals surface area contributed by atoms with Gasteiger partial charge < -0.3 is 0 Å². The van der Waals surface area contributed by atoms with Crippen LogP contribution in [-0.2, 0) is 16.4 Å². The molecule has 0 aliphatic heterocycles. The zero-order valence-corrected chi connectivity index (χ0v) is 10.9. The Labute approximate surface area is 106 Å². The van der Waals surface area contributed by atoms with Crippen LogP contribution >= 0.6 is 0 Å². The average molecular weight is 270 g/mol. The smallest absolute Gasteiger partial charge is 0.214 e. The van der Waals surface area contributed by atoms with Gasteiger partial charge in [0, 0.05) is 6.54 Å². The molecule has 0 aliphatic rings. The summed E-state index contributed by atoms with van der Waals surface area (Å²) in [6.07, 6.45) is 0.630. The topological polar surface area (TPSA) is 70.0 Å². The highest BCUT2D eigenvalue weighted by molar-refractivity contribution is 7.90. The van der Waals surface area contributed by atoms with Gasteiger partial charge >= 0.3 is 0 Å². The van der Waals surface area contributed by atoms with Gasteiger partial charge in [-0.25, -0.2) is 17.5 Å². The molecule has 0 amide bonds. The van der Waals surface area contributed by atoms with Gasteiger partial charge in [0.2, 0.25) is 10.0 Å². The molecule has 0 saturated carbocycles. The lowest BCUT2D eigenvalue weighted by molar-refractivity contribution is 0.572. The van der Waals surface area contributed by atoms with E-state index in [0.29, 0.717) is 12.0 Å². The predicted octanol–water partition coefficient (Wildman–Crippen LogP) is 1.59. The Bertz CT molecular complexity index is 537. The maximum atomic E-state index is 12.9. The highest BCUT2D eigenvalue weighted by Crippen LogP contribution is 2.05. The molecule has 0 aliphatic carbocycles. The Morgan fingerprint density at radius 1 is 1.50 bits per heavy atom. The minimum Gasteiger partial charge on any atom is -0.214 e. The standard InChI is InChI=1S/C12H15FN2O2S/c1-2-12(9-14)18(16,17)15-7-6-10-4-3-5-11(13)8-10/h3-5,8,12,15H,2,6-7H2,1H3. The second kappa shape index (κ2) is 6.47. The monoisotopic (exact) mass is 270 g/mol. The summed E-state index contributed by atoms with van der Waals surface area (Å²) in [4.78, 5) is 0. The molecule has 0 radical (unpaired) electrons. The second-order valence-corrected chi connectivity index (χ2v) is 5.79. The Morgan fingerprint density at radius 3 is 2.78 bits per heavy atom. The SMILES string of the molecule is CCC(C#N)S(=O)(=O)NCCc1cccc(F)c1. The lowest BCUT2D eigenvalue weighted by Crippen LogP contribution is -2.34. The van der Waals surface area contributed by atoms with Gasteiger partial charge in [0.25, 0.3) is 0 Å². The fourth-order valence-electron chi connectivity index (χ4n) is 1.51. The van der Waals surface area contributed by atoms with E-state index in [2.05, 4.69) is 4.72 Å². The fourth-order valence-corrected chi connectivity index (χ4v) is 2.68. The van der Waals surface area contributed by atoms with E-state index in [4.69, 9.17) is 5.26 Å². The molecular weight excluding hydrogens is 255 g/mol. The van der Waals surface area contributed by atoms with Gasteiger partial charge in [0.1, 0.15) is 5.82 Å². The van der Waals surface area contributed by atoms with Crippen molar-refractivity contribution in [2.75, 3.05) is 6.54 Å². The Balaban J connectivity index is 2.55. The van der Waals surface area contributed by atoms with Crippen molar-refractivity contribution in [1.82, 2.24) is 4.72 Å². The van der Waals surface area contributed by atoms with Gasteiger partial charge in [0.15, 0.2) is 5.25 Å². The van der Waals surface area contributed by atoms with Crippen LogP contribution in [0.4, 0.5) is 4.39 Å². The largest absolute Gasteiger partial charge is 0.227 e. The van der Waals surface area contributed by atoms with Crippen LogP contribution in [-0.4, -0.2) is 20.2 Å². The molecular formula is C12H15FN2O2S. The molecule has 18 heavy (non-hydrogen) atoms. The molecule has 98 valence electrons. The van der Waals surface area contributed by atoms with E-state index in [9.17, 15) is 12.8 Å². The third kappa shape index (κ3) is 4.09. The molecule has 0 heterocycles. The van der Waals surface area contributed by atoms with E-state index in [1.807, 2.05) is 0 Å². The minimum absolute atomic E-state index is 0.157. The van der Waals surface area contributed by atoms with Crippen LogP contribution in [0.15, 0.2) is 24.3 Å². The maximum absolute atomic E-state index is 12.9. The number of hydrogen-bond donors (Lipinski definition) is 1. The molecule has 0 bridgehead atoms. The van der Waals surface area contributed by atoms with Crippen LogP contribution in [0.25, 0.3) is 0 Å². The van der Waals surface area contributed by atoms with Crippen molar-refractivity contribution in [2.24, 2.45) is 0 Å². The fraction of sp³-hybridized carbons (Fsp3) is 0.417. The van der Waals surface area contributed by atoms with Crippen LogP contribution in [0.2, 0.25) is 0 Å². The number of benzene rings is 1. The van der Waals surface area contributed by atoms with Crippen LogP contribution in [0.1, 0.15) is 18.9 Å². The zero-order chi connectivity index (χ0) is 13.6. The number of nitrogens with one attached hydrogen (secondary N) is 1. The third-order valence-corrected chi connectivity index (χ3v) is 4.29. The summed E-state index contributed by atoms with van der Waals surface area (Å²) in [5.74, 6) is -0.348. The first-order valence-electron chi connectivity index (χ1n) is 5.62. The highest BCUT2D eigenvalue weighted by Gasteiger charge is 2.22. The van der Waals surface area contributed by atoms with Crippen molar-refractivity contribution in [3.05, 3.63) is 35.6 Å². The summed E-state index contributed by atoms with van der Waals surface area (Å²) in [6.45, 7) is 1.80. The molecule has 1 rings (SSSR count). The lowest BCUT2D eigenvalue weighted by Gasteiger charge is -2.09. The predicted molar refractivity (Wildman–Crippen MR) is 66.7 cm³/mol. The van der Waals surface area contributed by atoms with Crippen molar-refractivity contribution in [2.45, 2.75) is 25.0 Å². The lowest BCUT2D eigenvalue weighted by atomic mass is 10.1. The summed E-state index contributed by atoms with van der Waals surface area (Å²) in [5, 5.41) is 7.66. The Morgan fingerprint density at radius 2 is 2.22 bits per heavy atom. The minimum atomic E-state index is -3.61. The molecule has 1 N–H and O–H groups in total. The van der Waals surface area contributed by atoms with Gasteiger partial charge in [-0.1, -0.05) is 19.1 Å². The molecule has 0 fully saturated rings. The molecule has 6 heteroatoms. The normalized spacial score (nSPS) is 12.9. The van der Waals surface area contributed by atoms with Gasteiger partial charge in [0.05, 0.1) is 6.07 Å². The van der Waals surface area contributed by atoms with Crippen LogP contribution in [0.5, 0.6) is 0 Å². The number of halogens is 1. The van der Waals surface area contributed by atoms with Crippen molar-refractivity contribution in [3.8, 4) is 6.07 Å². The van der Waals surface area contributed by atoms with Crippen molar-refractivity contribution < 1.29 is 12.8 Å². The van der Waals surface area contributed by atoms with E-state index in [0.717, 1.165) is 0 Å². The molecule has 1 unspecified atom stereocenters. The van der Waals surface area contributed by atoms with Crippen LogP contribution < -0.4 is 4.72 Å². The van der Waals surface area contributed by atoms with Crippen molar-refractivity contribution in [3.63, 3.8) is 0 Å². The van der Waals surface area contributed by atoms with Crippen LogP contribution in [0, 0.1) is 17.1 Å². The summed E-state index contributed by atoms with van der Waals surface area (Å²) < 4.78 is 38.5. The number of sulfonamides is 1. The van der Waals surface area contributed by atoms with Gasteiger partial charge in [-0.05, 0) is 30.5 Å². The number of nitriles is 1. The number of nitrogens with zero attached hydrogens (tertiary/aromatic N) is 1. The Hall–Kier alpha value is -1.45. The van der Waals surface area contributed by atoms with E-state index in [1.54, 1.807) is 25.1 Å². The third-order valence-electron chi connectivity index (χ3n) is 2.50. The molecule has 1 atom stereocenters. The van der Waals surface area contributed by atoms with Crippen molar-refractivity contribution >= 4 is 10.0 Å². The highest BCUT2D eigenvalue weighted by atomic mass is 32.2. The van der Waals surface area contributed by atoms with Gasteiger partial charge in [-0.2, -0.15) is 5.26 Å². The van der Waals surface area contributed by atoms with E-state index >= 15 is 0 Å². The van der Waals surface area contributed by atoms with Gasteiger partial charge in [-0.3, -0.25) is 0 Å². The molecule has 0 saturated heterocycles. The van der Waals surface area contributed by atoms with Crippen molar-refractivity contribution in [1.29, 1.82) is 5.26 Å². The zero-order valence-electron chi connectivity index (χ0n) is 10.1. The summed E-state index contributed by atoms with van der Waals surface area (Å²) in [6, 6.07) is 7.72. The maximum Gasteiger partial charge on any atom is 0.227 e. The quantitative estimate of drug-likeness (QED) is 0.853. The van der Waals surface area contributed by atoms with E-state index in [-0.39, 0.29) is 18.8 Å². The summed E-state index contributed by atoms with van der Waals surface area (Å²) in [7, 11) is -3.61. The molecule has 0 aromatic heterocycles. The summed E-state index contributed by atoms with van der Waals surface area (Å²) >= 11 is 0. The second-order valence-electron chi connectivity index (χ2n) is 3.85. The van der Waals surface area contributed by atoms with E-state index < -0.39 is 15.3 Å². The average Bonchev–Trinajstić information content (AvgIpc) is 2.30. The number of hydrogen-bond acceptors (Lipinski definition) is 3. The summed E-state index contributed by atoms with van der Waals surface area (Å²) in [5.41, 5.74) is 0.711. The number of rotatable bonds is 6. The first-order valence-corrected chi connectivity index (χ1v) is 7.16. The molecule has 1 aromatic carbocycles. The Kier molecular flexibility index (Phi) is 5.25. The molecule has 1 aromatic rings. The van der Waals surface area contributed by atoms with Crippen LogP contribution in [0.3, 0.4) is 0 Å². The molecule has 0 spiro atoms. The van der Waals surface area contributed by atoms with Gasteiger partial charge in [-0.15, -0.1) is 0 Å².